The standard InChI is InChI=1S/C10H8N2S3.2ClH/c1-3-9(7-11-5-1)13-15-14-10-4-2-6-12-8-10;;/h1-8H;2*1H. The SMILES string of the molecule is Cl.Cl.c1cncc(SSSc2cccnc2)c1. The second-order valence-electron chi connectivity index (χ2n) is 2.61. The van der Waals surface area contributed by atoms with Gasteiger partial charge in [0.2, 0.25) is 0 Å². The Morgan fingerprint density at radius 3 is 1.59 bits per heavy atom. The van der Waals surface area contributed by atoms with Gasteiger partial charge in [-0.05, 0) is 55.7 Å². The molecule has 2 nitrogen and oxygen atoms in total. The van der Waals surface area contributed by atoms with E-state index in [4.69, 9.17) is 0 Å². The van der Waals surface area contributed by atoms with Crippen molar-refractivity contribution in [2.24, 2.45) is 0 Å². The van der Waals surface area contributed by atoms with E-state index in [1.165, 1.54) is 9.79 Å². The minimum Gasteiger partial charge on any atom is -0.264 e. The molecular formula is C10H10Cl2N2S3. The fourth-order valence-corrected chi connectivity index (χ4v) is 4.44. The van der Waals surface area contributed by atoms with Gasteiger partial charge in [-0.3, -0.25) is 9.97 Å². The Labute approximate surface area is 124 Å². The van der Waals surface area contributed by atoms with Gasteiger partial charge in [-0.2, -0.15) is 0 Å². The van der Waals surface area contributed by atoms with E-state index in [0.717, 1.165) is 0 Å². The molecule has 7 heteroatoms. The number of aromatic nitrogens is 2. The summed E-state index contributed by atoms with van der Waals surface area (Å²) in [5, 5.41) is 0. The minimum atomic E-state index is 0. The van der Waals surface area contributed by atoms with Crippen LogP contribution in [0, 0.1) is 0 Å². The molecule has 0 aliphatic heterocycles. The van der Waals surface area contributed by atoms with Crippen molar-refractivity contribution >= 4 is 56.2 Å². The van der Waals surface area contributed by atoms with Gasteiger partial charge >= 0.3 is 0 Å². The minimum absolute atomic E-state index is 0. The molecule has 0 aliphatic rings. The number of pyridine rings is 2. The Hall–Kier alpha value is -0.0700. The molecule has 0 saturated carbocycles. The molecule has 0 saturated heterocycles. The highest BCUT2D eigenvalue weighted by Gasteiger charge is 1.96. The first-order valence-corrected chi connectivity index (χ1v) is 7.75. The van der Waals surface area contributed by atoms with Crippen LogP contribution in [0.1, 0.15) is 0 Å². The van der Waals surface area contributed by atoms with Crippen molar-refractivity contribution in [3.05, 3.63) is 49.1 Å². The predicted molar refractivity (Wildman–Crippen MR) is 82.3 cm³/mol. The van der Waals surface area contributed by atoms with Crippen molar-refractivity contribution in [2.75, 3.05) is 0 Å². The van der Waals surface area contributed by atoms with Crippen LogP contribution in [0.2, 0.25) is 0 Å². The highest BCUT2D eigenvalue weighted by Crippen LogP contribution is 2.43. The lowest BCUT2D eigenvalue weighted by Crippen LogP contribution is -1.70. The van der Waals surface area contributed by atoms with Crippen molar-refractivity contribution in [2.45, 2.75) is 9.79 Å². The fraction of sp³-hybridized carbons (Fsp3) is 0. The quantitative estimate of drug-likeness (QED) is 0.755. The van der Waals surface area contributed by atoms with Gasteiger partial charge in [0.05, 0.1) is 0 Å². The molecule has 0 N–H and O–H groups in total. The Morgan fingerprint density at radius 1 is 0.765 bits per heavy atom. The molecule has 0 unspecified atom stereocenters. The smallest absolute Gasteiger partial charge is 0.0412 e. The summed E-state index contributed by atoms with van der Waals surface area (Å²) in [5.41, 5.74) is 0. The van der Waals surface area contributed by atoms with Crippen LogP contribution in [-0.4, -0.2) is 9.97 Å². The zero-order valence-corrected chi connectivity index (χ0v) is 12.6. The fourth-order valence-electron chi connectivity index (χ4n) is 0.888. The lowest BCUT2D eigenvalue weighted by Gasteiger charge is -1.98. The molecule has 2 aromatic rings. The van der Waals surface area contributed by atoms with Crippen LogP contribution >= 0.6 is 56.2 Å². The van der Waals surface area contributed by atoms with Crippen molar-refractivity contribution in [3.63, 3.8) is 0 Å². The van der Waals surface area contributed by atoms with Crippen molar-refractivity contribution in [3.8, 4) is 0 Å². The van der Waals surface area contributed by atoms with Crippen molar-refractivity contribution in [1.29, 1.82) is 0 Å². The highest BCUT2D eigenvalue weighted by atomic mass is 35.5. The summed E-state index contributed by atoms with van der Waals surface area (Å²) in [6.45, 7) is 0. The van der Waals surface area contributed by atoms with E-state index in [2.05, 4.69) is 22.1 Å². The maximum absolute atomic E-state index is 4.05. The lowest BCUT2D eigenvalue weighted by atomic mass is 10.5. The van der Waals surface area contributed by atoms with Crippen molar-refractivity contribution < 1.29 is 0 Å². The molecule has 0 aromatic carbocycles. The molecule has 2 rings (SSSR count). The van der Waals surface area contributed by atoms with E-state index < -0.39 is 0 Å². The van der Waals surface area contributed by atoms with E-state index >= 15 is 0 Å². The summed E-state index contributed by atoms with van der Waals surface area (Å²) >= 11 is 0. The number of hydrogen-bond acceptors (Lipinski definition) is 5. The molecule has 0 bridgehead atoms. The number of halogens is 2. The average Bonchev–Trinajstić information content (AvgIpc) is 2.32. The summed E-state index contributed by atoms with van der Waals surface area (Å²) < 4.78 is 0. The second-order valence-corrected chi connectivity index (χ2v) is 6.66. The normalized spacial score (nSPS) is 8.94. The molecule has 0 spiro atoms. The summed E-state index contributed by atoms with van der Waals surface area (Å²) in [7, 11) is 5.12. The third-order valence-corrected chi connectivity index (χ3v) is 5.32. The van der Waals surface area contributed by atoms with E-state index in [0.29, 0.717) is 0 Å². The number of rotatable bonds is 4. The summed E-state index contributed by atoms with van der Waals surface area (Å²) in [6, 6.07) is 7.98. The van der Waals surface area contributed by atoms with Crippen LogP contribution in [0.3, 0.4) is 0 Å². The zero-order valence-electron chi connectivity index (χ0n) is 8.55. The van der Waals surface area contributed by atoms with E-state index in [1.54, 1.807) is 43.8 Å². The summed E-state index contributed by atoms with van der Waals surface area (Å²) in [6.07, 6.45) is 7.29. The van der Waals surface area contributed by atoms with Gasteiger partial charge in [0.25, 0.3) is 0 Å². The Kier molecular flexibility index (Phi) is 9.87. The third kappa shape index (κ3) is 6.43. The van der Waals surface area contributed by atoms with Crippen LogP contribution < -0.4 is 0 Å². The van der Waals surface area contributed by atoms with E-state index in [1.807, 2.05) is 24.5 Å². The molecule has 0 aliphatic carbocycles. The zero-order chi connectivity index (χ0) is 10.3. The van der Waals surface area contributed by atoms with Gasteiger partial charge in [0.15, 0.2) is 0 Å². The van der Waals surface area contributed by atoms with E-state index in [-0.39, 0.29) is 24.8 Å². The van der Waals surface area contributed by atoms with Crippen LogP contribution in [0.15, 0.2) is 58.8 Å². The number of nitrogens with zero attached hydrogens (tertiary/aromatic N) is 2. The molecule has 0 fully saturated rings. The molecule has 0 amide bonds. The van der Waals surface area contributed by atoms with Crippen LogP contribution in [0.25, 0.3) is 0 Å². The molecule has 2 aromatic heterocycles. The third-order valence-electron chi connectivity index (χ3n) is 1.53. The van der Waals surface area contributed by atoms with E-state index in [9.17, 15) is 0 Å². The molecule has 2 heterocycles. The Balaban J connectivity index is 0.00000128. The molecule has 92 valence electrons. The maximum atomic E-state index is 4.05. The first-order chi connectivity index (χ1) is 7.45. The van der Waals surface area contributed by atoms with Gasteiger partial charge in [-0.25, -0.2) is 0 Å². The highest BCUT2D eigenvalue weighted by molar-refractivity contribution is 9.09. The first kappa shape index (κ1) is 16.9. The van der Waals surface area contributed by atoms with Crippen molar-refractivity contribution in [1.82, 2.24) is 9.97 Å². The average molecular weight is 325 g/mol. The van der Waals surface area contributed by atoms with Gasteiger partial charge in [-0.15, -0.1) is 24.8 Å². The first-order valence-electron chi connectivity index (χ1n) is 4.26. The molecule has 0 atom stereocenters. The molecule has 17 heavy (non-hydrogen) atoms. The second kappa shape index (κ2) is 9.91. The van der Waals surface area contributed by atoms with Gasteiger partial charge in [0, 0.05) is 34.6 Å². The van der Waals surface area contributed by atoms with Gasteiger partial charge in [-0.1, -0.05) is 0 Å². The summed E-state index contributed by atoms with van der Waals surface area (Å²) in [5.74, 6) is 0. The summed E-state index contributed by atoms with van der Waals surface area (Å²) in [4.78, 5) is 10.4. The Bertz CT molecular complexity index is 363. The van der Waals surface area contributed by atoms with Crippen LogP contribution in [0.4, 0.5) is 0 Å². The predicted octanol–water partition coefficient (Wildman–Crippen LogP) is 4.77. The van der Waals surface area contributed by atoms with Gasteiger partial charge in [0.1, 0.15) is 0 Å². The monoisotopic (exact) mass is 324 g/mol. The topological polar surface area (TPSA) is 25.8 Å². The molecule has 0 radical (unpaired) electrons. The molecular weight excluding hydrogens is 315 g/mol. The lowest BCUT2D eigenvalue weighted by molar-refractivity contribution is 1.24. The Morgan fingerprint density at radius 2 is 1.24 bits per heavy atom. The van der Waals surface area contributed by atoms with Gasteiger partial charge < -0.3 is 0 Å². The maximum Gasteiger partial charge on any atom is 0.0412 e. The van der Waals surface area contributed by atoms with Crippen LogP contribution in [0.5, 0.6) is 0 Å². The van der Waals surface area contributed by atoms with Crippen LogP contribution in [-0.2, 0) is 0 Å². The number of hydrogen-bond donors (Lipinski definition) is 0. The largest absolute Gasteiger partial charge is 0.264 e.